The molecule has 1 aromatic heterocycles. The van der Waals surface area contributed by atoms with Crippen molar-refractivity contribution in [2.45, 2.75) is 46.2 Å². The zero-order valence-corrected chi connectivity index (χ0v) is 16.6. The summed E-state index contributed by atoms with van der Waals surface area (Å²) in [5.41, 5.74) is 0.988. The van der Waals surface area contributed by atoms with Gasteiger partial charge in [-0.05, 0) is 49.2 Å². The highest BCUT2D eigenvalue weighted by atomic mass is 19.1. The fourth-order valence-corrected chi connectivity index (χ4v) is 3.34. The molecular formula is C22H24F3N3O. The van der Waals surface area contributed by atoms with Gasteiger partial charge < -0.3 is 9.47 Å². The molecule has 0 atom stereocenters. The summed E-state index contributed by atoms with van der Waals surface area (Å²) >= 11 is 0. The summed E-state index contributed by atoms with van der Waals surface area (Å²) in [6.07, 6.45) is 2.35. The van der Waals surface area contributed by atoms with Gasteiger partial charge in [-0.3, -0.25) is 4.79 Å². The zero-order chi connectivity index (χ0) is 21.0. The van der Waals surface area contributed by atoms with E-state index < -0.39 is 17.5 Å². The molecule has 0 saturated carbocycles. The van der Waals surface area contributed by atoms with Crippen molar-refractivity contribution in [2.75, 3.05) is 6.54 Å². The molecule has 2 aromatic carbocycles. The quantitative estimate of drug-likeness (QED) is 0.511. The Balaban J connectivity index is 1.99. The number of halogens is 3. The molecule has 29 heavy (non-hydrogen) atoms. The van der Waals surface area contributed by atoms with Crippen LogP contribution >= 0.6 is 0 Å². The third-order valence-electron chi connectivity index (χ3n) is 4.80. The Kier molecular flexibility index (Phi) is 6.56. The number of carbonyl (C=O) groups is 1. The van der Waals surface area contributed by atoms with Gasteiger partial charge in [0, 0.05) is 13.1 Å². The van der Waals surface area contributed by atoms with Crippen molar-refractivity contribution in [3.8, 4) is 0 Å². The lowest BCUT2D eigenvalue weighted by Crippen LogP contribution is -2.33. The fraction of sp³-hybridized carbons (Fsp3) is 0.364. The Morgan fingerprint density at radius 1 is 1.03 bits per heavy atom. The van der Waals surface area contributed by atoms with Crippen molar-refractivity contribution in [2.24, 2.45) is 0 Å². The molecule has 0 aliphatic heterocycles. The van der Waals surface area contributed by atoms with Gasteiger partial charge in [-0.15, -0.1) is 0 Å². The second-order valence-electron chi connectivity index (χ2n) is 7.02. The van der Waals surface area contributed by atoms with Crippen LogP contribution in [0.5, 0.6) is 0 Å². The lowest BCUT2D eigenvalue weighted by Gasteiger charge is -2.23. The Labute approximate surface area is 168 Å². The van der Waals surface area contributed by atoms with Gasteiger partial charge in [0.2, 0.25) is 0 Å². The molecule has 0 aliphatic carbocycles. The Morgan fingerprint density at radius 3 is 2.48 bits per heavy atom. The van der Waals surface area contributed by atoms with Crippen LogP contribution in [0.4, 0.5) is 13.2 Å². The van der Waals surface area contributed by atoms with Crippen LogP contribution in [0.15, 0.2) is 36.4 Å². The predicted molar refractivity (Wildman–Crippen MR) is 106 cm³/mol. The van der Waals surface area contributed by atoms with Crippen molar-refractivity contribution < 1.29 is 18.0 Å². The fourth-order valence-electron chi connectivity index (χ4n) is 3.34. The first-order chi connectivity index (χ1) is 13.9. The van der Waals surface area contributed by atoms with E-state index in [4.69, 9.17) is 0 Å². The summed E-state index contributed by atoms with van der Waals surface area (Å²) in [6, 6.07) is 7.22. The Morgan fingerprint density at radius 2 is 1.76 bits per heavy atom. The molecule has 0 saturated heterocycles. The first-order valence-electron chi connectivity index (χ1n) is 9.83. The van der Waals surface area contributed by atoms with Gasteiger partial charge in [0.1, 0.15) is 23.3 Å². The molecule has 1 amide bonds. The summed E-state index contributed by atoms with van der Waals surface area (Å²) < 4.78 is 43.4. The van der Waals surface area contributed by atoms with E-state index in [9.17, 15) is 18.0 Å². The molecule has 0 fully saturated rings. The van der Waals surface area contributed by atoms with E-state index in [1.807, 2.05) is 18.4 Å². The van der Waals surface area contributed by atoms with Gasteiger partial charge >= 0.3 is 0 Å². The predicted octanol–water partition coefficient (Wildman–Crippen LogP) is 5.31. The molecule has 0 unspecified atom stereocenters. The first kappa shape index (κ1) is 20.9. The maximum absolute atomic E-state index is 14.2. The summed E-state index contributed by atoms with van der Waals surface area (Å²) in [7, 11) is 0. The van der Waals surface area contributed by atoms with E-state index in [1.165, 1.54) is 17.0 Å². The first-order valence-corrected chi connectivity index (χ1v) is 9.83. The van der Waals surface area contributed by atoms with Gasteiger partial charge in [0.25, 0.3) is 5.91 Å². The number of carbonyl (C=O) groups excluding carboxylic acids is 1. The largest absolute Gasteiger partial charge is 0.331 e. The Bertz CT molecular complexity index is 1020. The number of nitrogens with zero attached hydrogens (tertiary/aromatic N) is 3. The number of benzene rings is 2. The number of imidazole rings is 1. The maximum atomic E-state index is 14.2. The van der Waals surface area contributed by atoms with E-state index in [0.717, 1.165) is 31.0 Å². The van der Waals surface area contributed by atoms with Crippen LogP contribution in [0.1, 0.15) is 49.3 Å². The molecule has 154 valence electrons. The van der Waals surface area contributed by atoms with E-state index >= 15 is 0 Å². The van der Waals surface area contributed by atoms with Crippen LogP contribution in [0.3, 0.4) is 0 Å². The smallest absolute Gasteiger partial charge is 0.257 e. The van der Waals surface area contributed by atoms with Gasteiger partial charge in [-0.25, -0.2) is 18.2 Å². The van der Waals surface area contributed by atoms with Crippen LogP contribution in [-0.4, -0.2) is 26.9 Å². The monoisotopic (exact) mass is 403 g/mol. The molecule has 1 heterocycles. The molecule has 4 nitrogen and oxygen atoms in total. The van der Waals surface area contributed by atoms with E-state index in [2.05, 4.69) is 4.98 Å². The Hall–Kier alpha value is -2.83. The SMILES string of the molecule is CCCCN(Cc1nc2ccc(F)cc2n1CCC)C(=O)c1cc(F)ccc1F. The van der Waals surface area contributed by atoms with Crippen molar-refractivity contribution in [1.82, 2.24) is 14.5 Å². The van der Waals surface area contributed by atoms with Crippen LogP contribution in [0, 0.1) is 17.5 Å². The number of rotatable bonds is 8. The molecule has 3 rings (SSSR count). The van der Waals surface area contributed by atoms with Crippen molar-refractivity contribution in [3.05, 3.63) is 65.2 Å². The molecule has 0 bridgehead atoms. The molecule has 0 radical (unpaired) electrons. The normalized spacial score (nSPS) is 11.2. The summed E-state index contributed by atoms with van der Waals surface area (Å²) in [6.45, 7) is 5.11. The van der Waals surface area contributed by atoms with Gasteiger partial charge in [-0.1, -0.05) is 20.3 Å². The average Bonchev–Trinajstić information content (AvgIpc) is 3.03. The van der Waals surface area contributed by atoms with Gasteiger partial charge in [-0.2, -0.15) is 0 Å². The highest BCUT2D eigenvalue weighted by Crippen LogP contribution is 2.21. The lowest BCUT2D eigenvalue weighted by atomic mass is 10.1. The third kappa shape index (κ3) is 4.60. The summed E-state index contributed by atoms with van der Waals surface area (Å²) in [4.78, 5) is 19.0. The number of hydrogen-bond donors (Lipinski definition) is 0. The maximum Gasteiger partial charge on any atom is 0.257 e. The van der Waals surface area contributed by atoms with E-state index in [-0.39, 0.29) is 17.9 Å². The minimum atomic E-state index is -0.762. The average molecular weight is 403 g/mol. The van der Waals surface area contributed by atoms with E-state index in [0.29, 0.717) is 36.4 Å². The highest BCUT2D eigenvalue weighted by molar-refractivity contribution is 5.94. The highest BCUT2D eigenvalue weighted by Gasteiger charge is 2.22. The number of aromatic nitrogens is 2. The van der Waals surface area contributed by atoms with Crippen molar-refractivity contribution in [1.29, 1.82) is 0 Å². The van der Waals surface area contributed by atoms with Gasteiger partial charge in [0.05, 0.1) is 23.1 Å². The number of fused-ring (bicyclic) bond motifs is 1. The van der Waals surface area contributed by atoms with Gasteiger partial charge in [0.15, 0.2) is 0 Å². The van der Waals surface area contributed by atoms with Crippen LogP contribution < -0.4 is 0 Å². The lowest BCUT2D eigenvalue weighted by molar-refractivity contribution is 0.0729. The minimum absolute atomic E-state index is 0.130. The van der Waals surface area contributed by atoms with Crippen molar-refractivity contribution >= 4 is 16.9 Å². The molecule has 7 heteroatoms. The number of unbranched alkanes of at least 4 members (excludes halogenated alkanes) is 1. The number of aryl methyl sites for hydroxylation is 1. The number of hydrogen-bond acceptors (Lipinski definition) is 2. The minimum Gasteiger partial charge on any atom is -0.331 e. The second kappa shape index (κ2) is 9.11. The van der Waals surface area contributed by atoms with E-state index in [1.54, 1.807) is 6.07 Å². The summed E-state index contributed by atoms with van der Waals surface area (Å²) in [5, 5.41) is 0. The van der Waals surface area contributed by atoms with Crippen molar-refractivity contribution in [3.63, 3.8) is 0 Å². The summed E-state index contributed by atoms with van der Waals surface area (Å²) in [5.74, 6) is -1.78. The molecule has 0 N–H and O–H groups in total. The second-order valence-corrected chi connectivity index (χ2v) is 7.02. The van der Waals surface area contributed by atoms with Crippen LogP contribution in [0.25, 0.3) is 11.0 Å². The zero-order valence-electron chi connectivity index (χ0n) is 16.6. The van der Waals surface area contributed by atoms with Crippen LogP contribution in [-0.2, 0) is 13.1 Å². The molecule has 3 aromatic rings. The standard InChI is InChI=1S/C22H24F3N3O/c1-3-5-11-27(22(29)17-12-15(23)6-8-18(17)25)14-21-26-19-9-7-16(24)13-20(19)28(21)10-4-2/h6-9,12-13H,3-5,10-11,14H2,1-2H3. The van der Waals surface area contributed by atoms with Crippen LogP contribution in [0.2, 0.25) is 0 Å². The third-order valence-corrected chi connectivity index (χ3v) is 4.80. The molecule has 0 spiro atoms. The molecule has 0 aliphatic rings. The topological polar surface area (TPSA) is 38.1 Å². The number of amides is 1. The molecular weight excluding hydrogens is 379 g/mol.